The van der Waals surface area contributed by atoms with Crippen LogP contribution in [-0.4, -0.2) is 32.7 Å². The largest absolute Gasteiger partial charge is 0.334 e. The van der Waals surface area contributed by atoms with E-state index in [9.17, 15) is 4.79 Å². The summed E-state index contributed by atoms with van der Waals surface area (Å²) in [7, 11) is 0. The molecule has 0 aliphatic rings. The Bertz CT molecular complexity index is 1250. The molecule has 0 spiro atoms. The molecule has 0 aliphatic carbocycles. The topological polar surface area (TPSA) is 110 Å². The van der Waals surface area contributed by atoms with Crippen LogP contribution in [0.4, 0.5) is 11.6 Å². The molecule has 1 heterocycles. The number of aromatic nitrogens is 3. The fraction of sp³-hybridized carbons (Fsp3) is 0.0476. The van der Waals surface area contributed by atoms with Gasteiger partial charge in [-0.05, 0) is 29.1 Å². The van der Waals surface area contributed by atoms with E-state index in [0.29, 0.717) is 5.16 Å². The number of halogens is 1. The van der Waals surface area contributed by atoms with Gasteiger partial charge in [0.25, 0.3) is 5.95 Å². The van der Waals surface area contributed by atoms with E-state index in [0.717, 1.165) is 26.5 Å². The van der Waals surface area contributed by atoms with Gasteiger partial charge in [-0.25, -0.2) is 10.1 Å². The second-order valence-corrected chi connectivity index (χ2v) is 8.32. The van der Waals surface area contributed by atoms with Crippen LogP contribution >= 0.6 is 27.7 Å². The van der Waals surface area contributed by atoms with E-state index in [2.05, 4.69) is 42.0 Å². The molecular formula is C21H18BrN7OS. The molecule has 0 atom stereocenters. The van der Waals surface area contributed by atoms with Crippen molar-refractivity contribution in [1.82, 2.24) is 14.9 Å². The smallest absolute Gasteiger partial charge is 0.264 e. The van der Waals surface area contributed by atoms with Crippen molar-refractivity contribution in [2.45, 2.75) is 5.16 Å². The molecule has 10 heteroatoms. The number of rotatable bonds is 7. The number of nitrogens with zero attached hydrogens (tertiary/aromatic N) is 4. The SMILES string of the molecule is Nn1c(N/N=C/c2cccc(Br)c2)nnc1SCC(=O)Nc1cccc2ccccc12. The quantitative estimate of drug-likeness (QED) is 0.154. The van der Waals surface area contributed by atoms with Crippen LogP contribution < -0.4 is 16.6 Å². The number of carbonyl (C=O) groups is 1. The molecule has 0 saturated heterocycles. The number of nitrogens with two attached hydrogens (primary N) is 1. The second kappa shape index (κ2) is 9.63. The van der Waals surface area contributed by atoms with Crippen LogP contribution in [0.2, 0.25) is 0 Å². The summed E-state index contributed by atoms with van der Waals surface area (Å²) in [6, 6.07) is 21.4. The Balaban J connectivity index is 1.35. The average Bonchev–Trinajstić information content (AvgIpc) is 3.12. The van der Waals surface area contributed by atoms with E-state index in [-0.39, 0.29) is 17.6 Å². The first kappa shape index (κ1) is 20.9. The Labute approximate surface area is 191 Å². The summed E-state index contributed by atoms with van der Waals surface area (Å²) in [6.45, 7) is 0. The van der Waals surface area contributed by atoms with Crippen LogP contribution in [0.3, 0.4) is 0 Å². The highest BCUT2D eigenvalue weighted by atomic mass is 79.9. The number of amides is 1. The fourth-order valence-corrected chi connectivity index (χ4v) is 3.93. The van der Waals surface area contributed by atoms with E-state index in [1.807, 2.05) is 66.7 Å². The van der Waals surface area contributed by atoms with Crippen molar-refractivity contribution < 1.29 is 4.79 Å². The lowest BCUT2D eigenvalue weighted by Gasteiger charge is -2.08. The highest BCUT2D eigenvalue weighted by Crippen LogP contribution is 2.24. The minimum atomic E-state index is -0.161. The number of anilines is 2. The maximum atomic E-state index is 12.4. The molecule has 1 amide bonds. The Morgan fingerprint density at radius 2 is 1.94 bits per heavy atom. The number of hydrazone groups is 1. The van der Waals surface area contributed by atoms with E-state index in [4.69, 9.17) is 5.84 Å². The van der Waals surface area contributed by atoms with Crippen molar-refractivity contribution >= 4 is 62.2 Å². The maximum absolute atomic E-state index is 12.4. The van der Waals surface area contributed by atoms with Crippen LogP contribution in [0.15, 0.2) is 81.5 Å². The minimum absolute atomic E-state index is 0.139. The third-order valence-electron chi connectivity index (χ3n) is 4.29. The summed E-state index contributed by atoms with van der Waals surface area (Å²) in [5, 5.41) is 17.5. The van der Waals surface area contributed by atoms with Crippen molar-refractivity contribution in [3.63, 3.8) is 0 Å². The Kier molecular flexibility index (Phi) is 6.48. The van der Waals surface area contributed by atoms with Crippen molar-refractivity contribution in [1.29, 1.82) is 0 Å². The first-order valence-electron chi connectivity index (χ1n) is 9.26. The van der Waals surface area contributed by atoms with Gasteiger partial charge in [-0.3, -0.25) is 4.79 Å². The summed E-state index contributed by atoms with van der Waals surface area (Å²) >= 11 is 4.60. The normalized spacial score (nSPS) is 11.1. The number of hydrogen-bond acceptors (Lipinski definition) is 7. The average molecular weight is 496 g/mol. The zero-order valence-corrected chi connectivity index (χ0v) is 18.6. The molecule has 0 fully saturated rings. The number of carbonyl (C=O) groups excluding carboxylic acids is 1. The number of thioether (sulfide) groups is 1. The Hall–Kier alpha value is -3.37. The molecule has 8 nitrogen and oxygen atoms in total. The standard InChI is InChI=1S/C21H18BrN7OS/c22-16-8-3-5-14(11-16)12-24-26-20-27-28-21(29(20)23)31-13-19(30)25-18-10-4-7-15-6-1-2-9-17(15)18/h1-12H,13,23H2,(H,25,30)(H,26,27)/b24-12+. The lowest BCUT2D eigenvalue weighted by molar-refractivity contribution is -0.113. The summed E-state index contributed by atoms with van der Waals surface area (Å²) < 4.78 is 2.22. The van der Waals surface area contributed by atoms with Gasteiger partial charge in [0, 0.05) is 15.5 Å². The van der Waals surface area contributed by atoms with Gasteiger partial charge in [0.15, 0.2) is 0 Å². The van der Waals surface area contributed by atoms with E-state index in [1.165, 1.54) is 16.4 Å². The molecule has 4 aromatic rings. The van der Waals surface area contributed by atoms with Crippen molar-refractivity contribution in [3.8, 4) is 0 Å². The molecule has 1 aromatic heterocycles. The van der Waals surface area contributed by atoms with Gasteiger partial charge in [-0.15, -0.1) is 10.2 Å². The molecule has 0 unspecified atom stereocenters. The second-order valence-electron chi connectivity index (χ2n) is 6.46. The molecular weight excluding hydrogens is 478 g/mol. The molecule has 0 radical (unpaired) electrons. The highest BCUT2D eigenvalue weighted by molar-refractivity contribution is 9.10. The Morgan fingerprint density at radius 3 is 2.81 bits per heavy atom. The van der Waals surface area contributed by atoms with Crippen molar-refractivity contribution in [2.75, 3.05) is 22.3 Å². The predicted octanol–water partition coefficient (Wildman–Crippen LogP) is 4.08. The van der Waals surface area contributed by atoms with Crippen LogP contribution in [0.25, 0.3) is 10.8 Å². The summed E-state index contributed by atoms with van der Waals surface area (Å²) in [5.74, 6) is 6.26. The molecule has 4 rings (SSSR count). The molecule has 0 saturated carbocycles. The molecule has 0 aliphatic heterocycles. The highest BCUT2D eigenvalue weighted by Gasteiger charge is 2.12. The predicted molar refractivity (Wildman–Crippen MR) is 129 cm³/mol. The van der Waals surface area contributed by atoms with E-state index < -0.39 is 0 Å². The van der Waals surface area contributed by atoms with Crippen molar-refractivity contribution in [2.24, 2.45) is 5.10 Å². The van der Waals surface area contributed by atoms with Gasteiger partial charge < -0.3 is 11.2 Å². The molecule has 31 heavy (non-hydrogen) atoms. The zero-order chi connectivity index (χ0) is 21.6. The van der Waals surface area contributed by atoms with Gasteiger partial charge in [0.1, 0.15) is 0 Å². The van der Waals surface area contributed by atoms with Crippen LogP contribution in [0.1, 0.15) is 5.56 Å². The monoisotopic (exact) mass is 495 g/mol. The van der Waals surface area contributed by atoms with Gasteiger partial charge >= 0.3 is 0 Å². The van der Waals surface area contributed by atoms with Crippen LogP contribution in [-0.2, 0) is 4.79 Å². The lowest BCUT2D eigenvalue weighted by Crippen LogP contribution is -2.17. The number of nitrogen functional groups attached to an aromatic ring is 1. The van der Waals surface area contributed by atoms with Crippen molar-refractivity contribution in [3.05, 3.63) is 76.8 Å². The van der Waals surface area contributed by atoms with E-state index in [1.54, 1.807) is 6.21 Å². The fourth-order valence-electron chi connectivity index (χ4n) is 2.85. The van der Waals surface area contributed by atoms with Crippen LogP contribution in [0, 0.1) is 0 Å². The number of fused-ring (bicyclic) bond motifs is 1. The summed E-state index contributed by atoms with van der Waals surface area (Å²) in [6.07, 6.45) is 1.64. The van der Waals surface area contributed by atoms with Gasteiger partial charge in [0.2, 0.25) is 11.1 Å². The van der Waals surface area contributed by atoms with Gasteiger partial charge in [-0.2, -0.15) is 5.10 Å². The van der Waals surface area contributed by atoms with Crippen LogP contribution in [0.5, 0.6) is 0 Å². The summed E-state index contributed by atoms with van der Waals surface area (Å²) in [5.41, 5.74) is 4.43. The Morgan fingerprint density at radius 1 is 1.13 bits per heavy atom. The first-order valence-corrected chi connectivity index (χ1v) is 11.0. The third-order valence-corrected chi connectivity index (χ3v) is 5.72. The van der Waals surface area contributed by atoms with Gasteiger partial charge in [-0.1, -0.05) is 76.2 Å². The molecule has 4 N–H and O–H groups in total. The lowest BCUT2D eigenvalue weighted by atomic mass is 10.1. The molecule has 156 valence electrons. The minimum Gasteiger partial charge on any atom is -0.334 e. The third kappa shape index (κ3) is 5.22. The molecule has 0 bridgehead atoms. The van der Waals surface area contributed by atoms with Gasteiger partial charge in [0.05, 0.1) is 12.0 Å². The number of hydrogen-bond donors (Lipinski definition) is 3. The number of benzene rings is 3. The maximum Gasteiger partial charge on any atom is 0.264 e. The zero-order valence-electron chi connectivity index (χ0n) is 16.2. The summed E-state index contributed by atoms with van der Waals surface area (Å²) in [4.78, 5) is 12.4. The molecule has 3 aromatic carbocycles. The first-order chi connectivity index (χ1) is 15.1. The number of nitrogens with one attached hydrogen (secondary N) is 2. The van der Waals surface area contributed by atoms with E-state index >= 15 is 0 Å².